The van der Waals surface area contributed by atoms with Crippen molar-refractivity contribution in [2.24, 2.45) is 39.9 Å². The Bertz CT molecular complexity index is 517. The van der Waals surface area contributed by atoms with Gasteiger partial charge in [0.05, 0.1) is 5.92 Å². The van der Waals surface area contributed by atoms with Crippen LogP contribution in [0.2, 0.25) is 0 Å². The Balaban J connectivity index is 1.69. The lowest BCUT2D eigenvalue weighted by atomic mass is 9.41. The van der Waals surface area contributed by atoms with Gasteiger partial charge in [-0.1, -0.05) is 20.3 Å². The molecule has 4 rings (SSSR count). The molecule has 0 saturated heterocycles. The Hall–Kier alpha value is -0.570. The van der Waals surface area contributed by atoms with Crippen LogP contribution in [-0.4, -0.2) is 22.8 Å². The molecule has 3 heteroatoms. The Kier molecular flexibility index (Phi) is 3.44. The van der Waals surface area contributed by atoms with Crippen LogP contribution in [0.25, 0.3) is 0 Å². The maximum Gasteiger partial charge on any atom is 0.306 e. The van der Waals surface area contributed by atoms with E-state index < -0.39 is 5.97 Å². The van der Waals surface area contributed by atoms with Crippen LogP contribution < -0.4 is 0 Å². The topological polar surface area (TPSA) is 57.5 Å². The van der Waals surface area contributed by atoms with Crippen molar-refractivity contribution in [3.05, 3.63) is 0 Å². The van der Waals surface area contributed by atoms with Gasteiger partial charge in [0.15, 0.2) is 0 Å². The zero-order chi connectivity index (χ0) is 16.5. The van der Waals surface area contributed by atoms with Crippen LogP contribution in [0.4, 0.5) is 0 Å². The zero-order valence-corrected chi connectivity index (χ0v) is 14.7. The summed E-state index contributed by atoms with van der Waals surface area (Å²) in [6.07, 6.45) is 10.5. The highest BCUT2D eigenvalue weighted by molar-refractivity contribution is 5.71. The molecule has 130 valence electrons. The second-order valence-electron chi connectivity index (χ2n) is 9.87. The number of aliphatic hydroxyl groups excluding tert-OH is 1. The average Bonchev–Trinajstić information content (AvgIpc) is 2.78. The third kappa shape index (κ3) is 2.01. The molecule has 0 unspecified atom stereocenters. The number of fused-ring (bicyclic) bond motifs is 3. The molecule has 7 atom stereocenters. The summed E-state index contributed by atoms with van der Waals surface area (Å²) in [6, 6.07) is 0. The lowest BCUT2D eigenvalue weighted by Crippen LogP contribution is -2.57. The molecule has 4 aliphatic rings. The van der Waals surface area contributed by atoms with Crippen molar-refractivity contribution in [1.82, 2.24) is 0 Å². The summed E-state index contributed by atoms with van der Waals surface area (Å²) in [5.41, 5.74) is 0.688. The first kappa shape index (κ1) is 15.9. The van der Waals surface area contributed by atoms with E-state index in [0.29, 0.717) is 35.2 Å². The smallest absolute Gasteiger partial charge is 0.306 e. The molecule has 0 aliphatic heterocycles. The third-order valence-corrected chi connectivity index (χ3v) is 8.94. The number of aliphatic carboxylic acids is 1. The first-order chi connectivity index (χ1) is 10.8. The Morgan fingerprint density at radius 1 is 1.04 bits per heavy atom. The molecule has 2 bridgehead atoms. The van der Waals surface area contributed by atoms with E-state index in [-0.39, 0.29) is 11.3 Å². The summed E-state index contributed by atoms with van der Waals surface area (Å²) in [6.45, 7) is 5.10. The minimum absolute atomic E-state index is 0.0796. The Labute approximate surface area is 139 Å². The van der Waals surface area contributed by atoms with Crippen molar-refractivity contribution >= 4 is 5.97 Å². The first-order valence-electron chi connectivity index (χ1n) is 9.68. The largest absolute Gasteiger partial charge is 0.481 e. The van der Waals surface area contributed by atoms with Crippen LogP contribution in [0, 0.1) is 39.9 Å². The van der Waals surface area contributed by atoms with E-state index >= 15 is 0 Å². The summed E-state index contributed by atoms with van der Waals surface area (Å²) in [4.78, 5) is 11.7. The molecule has 4 aliphatic carbocycles. The monoisotopic (exact) mass is 320 g/mol. The number of aliphatic hydroxyl groups is 1. The van der Waals surface area contributed by atoms with Gasteiger partial charge in [0.2, 0.25) is 0 Å². The Morgan fingerprint density at radius 2 is 1.83 bits per heavy atom. The van der Waals surface area contributed by atoms with Crippen molar-refractivity contribution in [3.63, 3.8) is 0 Å². The molecule has 0 aromatic rings. The minimum atomic E-state index is -0.552. The van der Waals surface area contributed by atoms with Crippen LogP contribution in [0.3, 0.4) is 0 Å². The average molecular weight is 320 g/mol. The number of carboxylic acid groups (broad SMARTS) is 1. The maximum atomic E-state index is 11.7. The fraction of sp³-hybridized carbons (Fsp3) is 0.950. The minimum Gasteiger partial charge on any atom is -0.481 e. The molecule has 4 saturated carbocycles. The van der Waals surface area contributed by atoms with Crippen molar-refractivity contribution in [3.8, 4) is 0 Å². The van der Waals surface area contributed by atoms with E-state index in [4.69, 9.17) is 0 Å². The standard InChI is InChI=1S/C20H32O3/c1-18(12-21)7-3-8-19(2)15(18)6-9-20-10-13(4-5-16(19)20)14(11-20)17(22)23/h13-16,21H,3-12H2,1-2H3,(H,22,23)/t13-,14-,15+,16-,18-,19+,20-/m0/s1. The van der Waals surface area contributed by atoms with Gasteiger partial charge in [-0.15, -0.1) is 0 Å². The highest BCUT2D eigenvalue weighted by Crippen LogP contribution is 2.72. The summed E-state index contributed by atoms with van der Waals surface area (Å²) < 4.78 is 0. The second-order valence-corrected chi connectivity index (χ2v) is 9.87. The fourth-order valence-electron chi connectivity index (χ4n) is 8.06. The quantitative estimate of drug-likeness (QED) is 0.805. The van der Waals surface area contributed by atoms with Crippen LogP contribution >= 0.6 is 0 Å². The molecule has 23 heavy (non-hydrogen) atoms. The SMILES string of the molecule is C[C@@]1(CO)CCC[C@]2(C)[C@@H]1CC[C@@]13C[C@H](CC[C@H]12)[C@@H](C(=O)O)C3. The van der Waals surface area contributed by atoms with Gasteiger partial charge in [0.25, 0.3) is 0 Å². The van der Waals surface area contributed by atoms with Crippen molar-refractivity contribution in [1.29, 1.82) is 0 Å². The van der Waals surface area contributed by atoms with E-state index in [1.54, 1.807) is 0 Å². The molecule has 4 fully saturated rings. The van der Waals surface area contributed by atoms with E-state index in [9.17, 15) is 15.0 Å². The number of carboxylic acids is 1. The summed E-state index contributed by atoms with van der Waals surface area (Å²) >= 11 is 0. The van der Waals surface area contributed by atoms with Crippen molar-refractivity contribution in [2.75, 3.05) is 6.61 Å². The zero-order valence-electron chi connectivity index (χ0n) is 14.7. The molecule has 0 radical (unpaired) electrons. The highest BCUT2D eigenvalue weighted by Gasteiger charge is 2.65. The summed E-state index contributed by atoms with van der Waals surface area (Å²) in [7, 11) is 0. The number of hydrogen-bond donors (Lipinski definition) is 2. The molecule has 0 aromatic carbocycles. The van der Waals surface area contributed by atoms with Crippen LogP contribution in [-0.2, 0) is 4.79 Å². The van der Waals surface area contributed by atoms with Crippen molar-refractivity contribution in [2.45, 2.75) is 71.6 Å². The van der Waals surface area contributed by atoms with Gasteiger partial charge in [-0.2, -0.15) is 0 Å². The first-order valence-corrected chi connectivity index (χ1v) is 9.68. The Morgan fingerprint density at radius 3 is 2.52 bits per heavy atom. The van der Waals surface area contributed by atoms with Gasteiger partial charge < -0.3 is 10.2 Å². The van der Waals surface area contributed by atoms with Gasteiger partial charge in [-0.3, -0.25) is 4.79 Å². The van der Waals surface area contributed by atoms with Crippen LogP contribution in [0.1, 0.15) is 71.6 Å². The molecule has 2 N–H and O–H groups in total. The van der Waals surface area contributed by atoms with Gasteiger partial charge in [0.1, 0.15) is 0 Å². The predicted molar refractivity (Wildman–Crippen MR) is 88.9 cm³/mol. The predicted octanol–water partition coefficient (Wildman–Crippen LogP) is 4.09. The normalized spacial score (nSPS) is 55.1. The molecular weight excluding hydrogens is 288 g/mol. The molecule has 0 amide bonds. The molecular formula is C20H32O3. The lowest BCUT2D eigenvalue weighted by Gasteiger charge is -2.64. The number of hydrogen-bond acceptors (Lipinski definition) is 2. The highest BCUT2D eigenvalue weighted by atomic mass is 16.4. The van der Waals surface area contributed by atoms with Crippen LogP contribution in [0.5, 0.6) is 0 Å². The molecule has 0 heterocycles. The van der Waals surface area contributed by atoms with Crippen LogP contribution in [0.15, 0.2) is 0 Å². The van der Waals surface area contributed by atoms with Gasteiger partial charge in [-0.25, -0.2) is 0 Å². The van der Waals surface area contributed by atoms with E-state index in [0.717, 1.165) is 25.7 Å². The molecule has 0 aromatic heterocycles. The van der Waals surface area contributed by atoms with E-state index in [1.165, 1.54) is 32.1 Å². The van der Waals surface area contributed by atoms with E-state index in [1.807, 2.05) is 0 Å². The van der Waals surface area contributed by atoms with Gasteiger partial charge in [0, 0.05) is 6.61 Å². The lowest BCUT2D eigenvalue weighted by molar-refractivity contribution is -0.159. The molecule has 1 spiro atoms. The number of rotatable bonds is 2. The maximum absolute atomic E-state index is 11.7. The summed E-state index contributed by atoms with van der Waals surface area (Å²) in [5.74, 6) is 1.08. The summed E-state index contributed by atoms with van der Waals surface area (Å²) in [5, 5.41) is 19.7. The van der Waals surface area contributed by atoms with E-state index in [2.05, 4.69) is 13.8 Å². The van der Waals surface area contributed by atoms with Gasteiger partial charge >= 0.3 is 5.97 Å². The second kappa shape index (κ2) is 4.97. The number of carbonyl (C=O) groups is 1. The van der Waals surface area contributed by atoms with Crippen molar-refractivity contribution < 1.29 is 15.0 Å². The molecule has 3 nitrogen and oxygen atoms in total. The third-order valence-electron chi connectivity index (χ3n) is 8.94. The fourth-order valence-corrected chi connectivity index (χ4v) is 8.06. The van der Waals surface area contributed by atoms with Gasteiger partial charge in [-0.05, 0) is 85.4 Å².